The van der Waals surface area contributed by atoms with Crippen LogP contribution in [0.5, 0.6) is 11.5 Å². The Bertz CT molecular complexity index is 1020. The molecule has 1 aromatic heterocycles. The molecule has 0 saturated carbocycles. The zero-order chi connectivity index (χ0) is 17.2. The molecule has 0 atom stereocenters. The lowest BCUT2D eigenvalue weighted by molar-refractivity contribution is 0.174. The zero-order valence-electron chi connectivity index (χ0n) is 12.9. The average molecular weight is 411 g/mol. The second-order valence-corrected chi connectivity index (χ2v) is 7.01. The summed E-state index contributed by atoms with van der Waals surface area (Å²) in [5.74, 6) is 1.46. The molecule has 3 aromatic rings. The predicted octanol–water partition coefficient (Wildman–Crippen LogP) is 5.37. The molecule has 0 amide bonds. The number of rotatable bonds is 3. The van der Waals surface area contributed by atoms with Gasteiger partial charge in [0.15, 0.2) is 11.5 Å². The Balaban J connectivity index is 1.68. The molecule has 0 aliphatic carbocycles. The Hall–Kier alpha value is -2.62. The van der Waals surface area contributed by atoms with Crippen LogP contribution in [-0.2, 0) is 0 Å². The summed E-state index contributed by atoms with van der Waals surface area (Å²) in [6.45, 7) is 0.244. The van der Waals surface area contributed by atoms with Crippen molar-refractivity contribution in [1.82, 2.24) is 4.98 Å². The normalized spacial score (nSPS) is 12.9. The number of benzene rings is 2. The summed E-state index contributed by atoms with van der Waals surface area (Å²) in [6, 6.07) is 15.7. The molecule has 0 fully saturated rings. The van der Waals surface area contributed by atoms with Gasteiger partial charge in [0.2, 0.25) is 6.79 Å². The highest BCUT2D eigenvalue weighted by molar-refractivity contribution is 9.10. The Morgan fingerprint density at radius 1 is 1.20 bits per heavy atom. The van der Waals surface area contributed by atoms with Crippen LogP contribution >= 0.6 is 27.3 Å². The van der Waals surface area contributed by atoms with Gasteiger partial charge in [0, 0.05) is 15.4 Å². The molecule has 0 saturated heterocycles. The van der Waals surface area contributed by atoms with E-state index in [1.807, 2.05) is 53.9 Å². The summed E-state index contributed by atoms with van der Waals surface area (Å²) in [4.78, 5) is 4.62. The predicted molar refractivity (Wildman–Crippen MR) is 101 cm³/mol. The van der Waals surface area contributed by atoms with Crippen molar-refractivity contribution in [3.63, 3.8) is 0 Å². The quantitative estimate of drug-likeness (QED) is 0.544. The van der Waals surface area contributed by atoms with Gasteiger partial charge in [-0.1, -0.05) is 34.1 Å². The van der Waals surface area contributed by atoms with Gasteiger partial charge >= 0.3 is 0 Å². The molecule has 1 aliphatic heterocycles. The molecule has 25 heavy (non-hydrogen) atoms. The van der Waals surface area contributed by atoms with Crippen molar-refractivity contribution < 1.29 is 9.47 Å². The smallest absolute Gasteiger partial charge is 0.231 e. The van der Waals surface area contributed by atoms with Gasteiger partial charge in [0.05, 0.1) is 11.3 Å². The summed E-state index contributed by atoms with van der Waals surface area (Å²) in [7, 11) is 0. The lowest BCUT2D eigenvalue weighted by Crippen LogP contribution is -1.92. The van der Waals surface area contributed by atoms with E-state index in [-0.39, 0.29) is 6.79 Å². The minimum Gasteiger partial charge on any atom is -0.454 e. The van der Waals surface area contributed by atoms with Crippen LogP contribution in [0.3, 0.4) is 0 Å². The molecule has 0 unspecified atom stereocenters. The third-order valence-corrected chi connectivity index (χ3v) is 5.33. The number of nitrogens with zero attached hydrogens (tertiary/aromatic N) is 2. The van der Waals surface area contributed by atoms with E-state index in [9.17, 15) is 5.26 Å². The Morgan fingerprint density at radius 2 is 2.04 bits per heavy atom. The number of fused-ring (bicyclic) bond motifs is 1. The number of allylic oxidation sites excluding steroid dienone is 1. The van der Waals surface area contributed by atoms with Crippen LogP contribution in [-0.4, -0.2) is 11.8 Å². The molecular formula is C19H11BrN2O2S. The lowest BCUT2D eigenvalue weighted by atomic mass is 10.1. The molecular weight excluding hydrogens is 400 g/mol. The molecule has 122 valence electrons. The van der Waals surface area contributed by atoms with Gasteiger partial charge in [0.1, 0.15) is 11.1 Å². The molecule has 2 heterocycles. The van der Waals surface area contributed by atoms with Gasteiger partial charge < -0.3 is 9.47 Å². The van der Waals surface area contributed by atoms with Gasteiger partial charge in [-0.25, -0.2) is 4.98 Å². The van der Waals surface area contributed by atoms with Crippen molar-refractivity contribution in [3.05, 3.63) is 62.9 Å². The largest absolute Gasteiger partial charge is 0.454 e. The van der Waals surface area contributed by atoms with Crippen LogP contribution in [0.1, 0.15) is 10.6 Å². The minimum atomic E-state index is 0.244. The number of nitriles is 1. The molecule has 1 aliphatic rings. The number of aromatic nitrogens is 1. The highest BCUT2D eigenvalue weighted by Crippen LogP contribution is 2.36. The summed E-state index contributed by atoms with van der Waals surface area (Å²) >= 11 is 4.95. The summed E-state index contributed by atoms with van der Waals surface area (Å²) in [5.41, 5.74) is 3.22. The topological polar surface area (TPSA) is 55.1 Å². The lowest BCUT2D eigenvalue weighted by Gasteiger charge is -2.00. The van der Waals surface area contributed by atoms with E-state index in [0.717, 1.165) is 32.8 Å². The van der Waals surface area contributed by atoms with Crippen LogP contribution < -0.4 is 9.47 Å². The first kappa shape index (κ1) is 15.9. The van der Waals surface area contributed by atoms with E-state index in [0.29, 0.717) is 10.6 Å². The number of hydrogen-bond acceptors (Lipinski definition) is 5. The monoisotopic (exact) mass is 410 g/mol. The van der Waals surface area contributed by atoms with Gasteiger partial charge in [-0.15, -0.1) is 11.3 Å². The van der Waals surface area contributed by atoms with Gasteiger partial charge in [-0.3, -0.25) is 0 Å². The number of halogens is 1. The van der Waals surface area contributed by atoms with Crippen molar-refractivity contribution in [2.24, 2.45) is 0 Å². The summed E-state index contributed by atoms with van der Waals surface area (Å²) < 4.78 is 11.7. The number of ether oxygens (including phenoxy) is 2. The zero-order valence-corrected chi connectivity index (χ0v) is 15.3. The van der Waals surface area contributed by atoms with Crippen molar-refractivity contribution in [2.45, 2.75) is 0 Å². The fourth-order valence-electron chi connectivity index (χ4n) is 2.48. The van der Waals surface area contributed by atoms with E-state index in [4.69, 9.17) is 9.47 Å². The van der Waals surface area contributed by atoms with Crippen LogP contribution in [0.4, 0.5) is 0 Å². The van der Waals surface area contributed by atoms with E-state index >= 15 is 0 Å². The Morgan fingerprint density at radius 3 is 2.88 bits per heavy atom. The molecule has 4 nitrogen and oxygen atoms in total. The summed E-state index contributed by atoms with van der Waals surface area (Å²) in [5, 5.41) is 12.2. The fraction of sp³-hybridized carbons (Fsp3) is 0.0526. The van der Waals surface area contributed by atoms with E-state index < -0.39 is 0 Å². The minimum absolute atomic E-state index is 0.244. The van der Waals surface area contributed by atoms with E-state index in [1.165, 1.54) is 11.3 Å². The summed E-state index contributed by atoms with van der Waals surface area (Å²) in [6.07, 6.45) is 1.84. The maximum atomic E-state index is 9.53. The maximum absolute atomic E-state index is 9.53. The van der Waals surface area contributed by atoms with Gasteiger partial charge in [-0.2, -0.15) is 5.26 Å². The van der Waals surface area contributed by atoms with Crippen LogP contribution in [0.15, 0.2) is 52.3 Å². The molecule has 0 N–H and O–H groups in total. The molecule has 6 heteroatoms. The standard InChI is InChI=1S/C19H11BrN2O2S/c20-15-4-2-1-3-12(15)7-14(9-21)19-22-16(10-25-19)13-5-6-17-18(8-13)24-11-23-17/h1-8,10H,11H2/b14-7-. The van der Waals surface area contributed by atoms with Crippen LogP contribution in [0.25, 0.3) is 22.9 Å². The Kier molecular flexibility index (Phi) is 4.26. The molecule has 0 radical (unpaired) electrons. The van der Waals surface area contributed by atoms with Crippen LogP contribution in [0, 0.1) is 11.3 Å². The number of thiazole rings is 1. The first-order chi connectivity index (χ1) is 12.2. The SMILES string of the molecule is N#C/C(=C/c1ccccc1Br)c1nc(-c2ccc3c(c2)OCO3)cs1. The van der Waals surface area contributed by atoms with Crippen LogP contribution in [0.2, 0.25) is 0 Å². The first-order valence-corrected chi connectivity index (χ1v) is 9.14. The molecule has 4 rings (SSSR count). The second kappa shape index (κ2) is 6.71. The highest BCUT2D eigenvalue weighted by Gasteiger charge is 2.16. The second-order valence-electron chi connectivity index (χ2n) is 5.30. The maximum Gasteiger partial charge on any atom is 0.231 e. The number of hydrogen-bond donors (Lipinski definition) is 0. The molecule has 2 aromatic carbocycles. The third-order valence-electron chi connectivity index (χ3n) is 3.73. The van der Waals surface area contributed by atoms with Crippen molar-refractivity contribution in [2.75, 3.05) is 6.79 Å². The van der Waals surface area contributed by atoms with Crippen molar-refractivity contribution in [3.8, 4) is 28.8 Å². The first-order valence-electron chi connectivity index (χ1n) is 7.47. The van der Waals surface area contributed by atoms with Gasteiger partial charge in [0.25, 0.3) is 0 Å². The highest BCUT2D eigenvalue weighted by atomic mass is 79.9. The third kappa shape index (κ3) is 3.16. The molecule has 0 spiro atoms. The molecule has 0 bridgehead atoms. The van der Waals surface area contributed by atoms with Crippen molar-refractivity contribution >= 4 is 38.9 Å². The average Bonchev–Trinajstić information content (AvgIpc) is 3.29. The van der Waals surface area contributed by atoms with E-state index in [2.05, 4.69) is 27.0 Å². The Labute approximate surface area is 157 Å². The van der Waals surface area contributed by atoms with Gasteiger partial charge in [-0.05, 0) is 35.9 Å². The van der Waals surface area contributed by atoms with Crippen molar-refractivity contribution in [1.29, 1.82) is 5.26 Å². The fourth-order valence-corrected chi connectivity index (χ4v) is 3.67. The van der Waals surface area contributed by atoms with E-state index in [1.54, 1.807) is 0 Å².